The number of rotatable bonds is 5. The van der Waals surface area contributed by atoms with Gasteiger partial charge in [-0.05, 0) is 42.7 Å². The molecule has 6 rings (SSSR count). The zero-order valence-electron chi connectivity index (χ0n) is 16.2. The minimum Gasteiger partial charge on any atom is -0.338 e. The summed E-state index contributed by atoms with van der Waals surface area (Å²) in [5.74, 6) is 1.46. The monoisotopic (exact) mass is 396 g/mol. The van der Waals surface area contributed by atoms with E-state index in [9.17, 15) is 4.79 Å². The van der Waals surface area contributed by atoms with E-state index < -0.39 is 0 Å². The van der Waals surface area contributed by atoms with Gasteiger partial charge in [-0.3, -0.25) is 25.1 Å². The Labute approximate surface area is 171 Å². The van der Waals surface area contributed by atoms with Crippen molar-refractivity contribution in [1.82, 2.24) is 25.4 Å². The molecular formula is C23H20N6O. The van der Waals surface area contributed by atoms with Crippen LogP contribution in [0.5, 0.6) is 0 Å². The number of H-pyrrole nitrogens is 3. The van der Waals surface area contributed by atoms with Crippen molar-refractivity contribution in [3.05, 3.63) is 81.9 Å². The number of hydrogen-bond acceptors (Lipinski definition) is 4. The molecule has 0 bridgehead atoms. The third-order valence-corrected chi connectivity index (χ3v) is 5.67. The van der Waals surface area contributed by atoms with Crippen molar-refractivity contribution in [1.29, 1.82) is 0 Å². The van der Waals surface area contributed by atoms with E-state index in [4.69, 9.17) is 4.98 Å². The molecule has 5 aromatic rings. The Kier molecular flexibility index (Phi) is 3.74. The van der Waals surface area contributed by atoms with Gasteiger partial charge in [0.1, 0.15) is 0 Å². The lowest BCUT2D eigenvalue weighted by Crippen LogP contribution is -1.99. The molecule has 0 radical (unpaired) electrons. The molecule has 3 aromatic heterocycles. The summed E-state index contributed by atoms with van der Waals surface area (Å²) >= 11 is 0. The van der Waals surface area contributed by atoms with Crippen LogP contribution in [0.25, 0.3) is 21.8 Å². The second-order valence-corrected chi connectivity index (χ2v) is 7.92. The minimum atomic E-state index is -0.101. The lowest BCUT2D eigenvalue weighted by atomic mass is 10.1. The fraction of sp³-hybridized carbons (Fsp3) is 0.174. The average Bonchev–Trinajstić information content (AvgIpc) is 3.40. The predicted octanol–water partition coefficient (Wildman–Crippen LogP) is 4.34. The number of para-hydroxylation sites is 1. The molecule has 7 nitrogen and oxygen atoms in total. The van der Waals surface area contributed by atoms with Crippen molar-refractivity contribution in [2.45, 2.75) is 25.2 Å². The molecule has 7 heteroatoms. The van der Waals surface area contributed by atoms with Crippen LogP contribution in [0, 0.1) is 0 Å². The van der Waals surface area contributed by atoms with Crippen LogP contribution in [0.4, 0.5) is 11.5 Å². The van der Waals surface area contributed by atoms with Crippen LogP contribution in [0.2, 0.25) is 0 Å². The van der Waals surface area contributed by atoms with Crippen molar-refractivity contribution in [2.75, 3.05) is 5.32 Å². The number of aromatic amines is 3. The Morgan fingerprint density at radius 2 is 1.90 bits per heavy atom. The molecule has 0 spiro atoms. The van der Waals surface area contributed by atoms with Crippen LogP contribution < -0.4 is 10.9 Å². The molecule has 4 N–H and O–H groups in total. The molecule has 0 atom stereocenters. The molecule has 1 aliphatic carbocycles. The highest BCUT2D eigenvalue weighted by Gasteiger charge is 2.25. The Morgan fingerprint density at radius 1 is 1.00 bits per heavy atom. The molecule has 148 valence electrons. The highest BCUT2D eigenvalue weighted by atomic mass is 16.1. The number of hydrogen-bond donors (Lipinski definition) is 4. The number of pyridine rings is 1. The van der Waals surface area contributed by atoms with Crippen LogP contribution in [-0.2, 0) is 6.42 Å². The molecule has 0 amide bonds. The quantitative estimate of drug-likeness (QED) is 0.355. The summed E-state index contributed by atoms with van der Waals surface area (Å²) in [7, 11) is 0. The maximum absolute atomic E-state index is 11.7. The van der Waals surface area contributed by atoms with Crippen molar-refractivity contribution in [2.24, 2.45) is 0 Å². The summed E-state index contributed by atoms with van der Waals surface area (Å²) in [5, 5.41) is 18.3. The Balaban J connectivity index is 1.37. The van der Waals surface area contributed by atoms with Gasteiger partial charge in [-0.2, -0.15) is 5.10 Å². The Hall–Kier alpha value is -3.87. The largest absolute Gasteiger partial charge is 0.338 e. The van der Waals surface area contributed by atoms with Crippen LogP contribution in [-0.4, -0.2) is 25.4 Å². The van der Waals surface area contributed by atoms with E-state index in [1.807, 2.05) is 36.4 Å². The molecule has 1 fully saturated rings. The van der Waals surface area contributed by atoms with Gasteiger partial charge in [0.25, 0.3) is 5.56 Å². The first kappa shape index (κ1) is 17.0. The zero-order chi connectivity index (χ0) is 20.1. The molecular weight excluding hydrogens is 376 g/mol. The minimum absolute atomic E-state index is 0.101. The average molecular weight is 396 g/mol. The molecule has 1 saturated carbocycles. The maximum atomic E-state index is 11.7. The van der Waals surface area contributed by atoms with Gasteiger partial charge in [0.05, 0.1) is 22.1 Å². The molecule has 3 heterocycles. The highest BCUT2D eigenvalue weighted by molar-refractivity contribution is 5.93. The lowest BCUT2D eigenvalue weighted by Gasteiger charge is -2.11. The van der Waals surface area contributed by atoms with E-state index >= 15 is 0 Å². The SMILES string of the molecule is O=c1[nH][nH]c2cc(Cc3cc(Nc4cc(C5CC5)[nH]n4)c4ccccc4n3)ccc12. The van der Waals surface area contributed by atoms with Gasteiger partial charge in [0.2, 0.25) is 0 Å². The van der Waals surface area contributed by atoms with Gasteiger partial charge < -0.3 is 5.32 Å². The van der Waals surface area contributed by atoms with Crippen molar-refractivity contribution >= 4 is 33.3 Å². The van der Waals surface area contributed by atoms with Gasteiger partial charge in [0.15, 0.2) is 5.82 Å². The van der Waals surface area contributed by atoms with E-state index in [2.05, 4.69) is 43.9 Å². The first-order chi connectivity index (χ1) is 14.7. The Bertz CT molecular complexity index is 1440. The van der Waals surface area contributed by atoms with Crippen LogP contribution in [0.1, 0.15) is 35.7 Å². The smallest absolute Gasteiger partial charge is 0.271 e. The first-order valence-corrected chi connectivity index (χ1v) is 10.1. The summed E-state index contributed by atoms with van der Waals surface area (Å²) < 4.78 is 0. The van der Waals surface area contributed by atoms with Crippen molar-refractivity contribution < 1.29 is 0 Å². The van der Waals surface area contributed by atoms with Gasteiger partial charge in [-0.15, -0.1) is 0 Å². The van der Waals surface area contributed by atoms with Crippen LogP contribution >= 0.6 is 0 Å². The summed E-state index contributed by atoms with van der Waals surface area (Å²) in [6, 6.07) is 18.1. The molecule has 30 heavy (non-hydrogen) atoms. The summed E-state index contributed by atoms with van der Waals surface area (Å²) in [6.45, 7) is 0. The number of aromatic nitrogens is 5. The standard InChI is InChI=1S/C23H20N6O/c30-23-17-8-5-13(10-21(17)27-29-23)9-15-11-20(16-3-1-2-4-18(16)24-15)25-22-12-19(26-28-22)14-6-7-14/h1-5,8,10-12,14H,6-7,9H2,(H2,27,29,30)(H2,24,25,26,28). The third-order valence-electron chi connectivity index (χ3n) is 5.67. The Morgan fingerprint density at radius 3 is 2.80 bits per heavy atom. The summed E-state index contributed by atoms with van der Waals surface area (Å²) in [4.78, 5) is 16.6. The number of anilines is 2. The number of nitrogens with one attached hydrogen (secondary N) is 4. The normalized spacial score (nSPS) is 13.9. The topological polar surface area (TPSA) is 102 Å². The fourth-order valence-corrected chi connectivity index (χ4v) is 3.97. The second kappa shape index (κ2) is 6.59. The third kappa shape index (κ3) is 3.04. The summed E-state index contributed by atoms with van der Waals surface area (Å²) in [5.41, 5.74) is 5.86. The van der Waals surface area contributed by atoms with Gasteiger partial charge in [-0.25, -0.2) is 0 Å². The molecule has 0 saturated heterocycles. The van der Waals surface area contributed by atoms with Crippen molar-refractivity contribution in [3.63, 3.8) is 0 Å². The van der Waals surface area contributed by atoms with Crippen LogP contribution in [0.3, 0.4) is 0 Å². The maximum Gasteiger partial charge on any atom is 0.271 e. The highest BCUT2D eigenvalue weighted by Crippen LogP contribution is 2.40. The second-order valence-electron chi connectivity index (χ2n) is 7.92. The molecule has 1 aliphatic rings. The zero-order valence-corrected chi connectivity index (χ0v) is 16.2. The lowest BCUT2D eigenvalue weighted by molar-refractivity contribution is 0.967. The molecule has 0 aliphatic heterocycles. The number of nitrogens with zero attached hydrogens (tertiary/aromatic N) is 2. The van der Waals surface area contributed by atoms with Crippen LogP contribution in [0.15, 0.2) is 59.4 Å². The molecule has 2 aromatic carbocycles. The van der Waals surface area contributed by atoms with Gasteiger partial charge in [0, 0.05) is 35.2 Å². The number of benzene rings is 2. The fourth-order valence-electron chi connectivity index (χ4n) is 3.97. The first-order valence-electron chi connectivity index (χ1n) is 10.1. The van der Waals surface area contributed by atoms with E-state index in [-0.39, 0.29) is 5.56 Å². The predicted molar refractivity (Wildman–Crippen MR) is 117 cm³/mol. The summed E-state index contributed by atoms with van der Waals surface area (Å²) in [6.07, 6.45) is 3.14. The van der Waals surface area contributed by atoms with Gasteiger partial charge >= 0.3 is 0 Å². The number of fused-ring (bicyclic) bond motifs is 2. The van der Waals surface area contributed by atoms with Crippen molar-refractivity contribution in [3.8, 4) is 0 Å². The molecule has 0 unspecified atom stereocenters. The van der Waals surface area contributed by atoms with E-state index in [0.29, 0.717) is 17.7 Å². The van der Waals surface area contributed by atoms with E-state index in [1.54, 1.807) is 0 Å². The van der Waals surface area contributed by atoms with Gasteiger partial charge in [-0.1, -0.05) is 24.3 Å². The van der Waals surface area contributed by atoms with E-state index in [1.165, 1.54) is 18.5 Å². The van der Waals surface area contributed by atoms with E-state index in [0.717, 1.165) is 39.2 Å².